The Kier molecular flexibility index (Phi) is 6.49. The second kappa shape index (κ2) is 8.16. The molecular formula is C19H29ClN2O. The monoisotopic (exact) mass is 336 g/mol. The van der Waals surface area contributed by atoms with E-state index in [9.17, 15) is 4.79 Å². The Balaban J connectivity index is 0.00000192. The fourth-order valence-electron chi connectivity index (χ4n) is 4.17. The summed E-state index contributed by atoms with van der Waals surface area (Å²) >= 11 is 0. The van der Waals surface area contributed by atoms with Gasteiger partial charge in [-0.15, -0.1) is 12.4 Å². The number of carbonyl (C=O) groups is 1. The third kappa shape index (κ3) is 4.48. The van der Waals surface area contributed by atoms with Gasteiger partial charge in [0, 0.05) is 25.6 Å². The van der Waals surface area contributed by atoms with Crippen LogP contribution in [-0.4, -0.2) is 23.9 Å². The first-order valence-electron chi connectivity index (χ1n) is 8.77. The zero-order valence-electron chi connectivity index (χ0n) is 13.9. The van der Waals surface area contributed by atoms with Crippen LogP contribution in [0.5, 0.6) is 0 Å². The van der Waals surface area contributed by atoms with E-state index in [-0.39, 0.29) is 24.4 Å². The molecule has 0 aromatic heterocycles. The normalized spacial score (nSPS) is 21.5. The lowest BCUT2D eigenvalue weighted by Crippen LogP contribution is -2.44. The van der Waals surface area contributed by atoms with Gasteiger partial charge in [0.05, 0.1) is 0 Å². The highest BCUT2D eigenvalue weighted by atomic mass is 35.5. The molecule has 0 bridgehead atoms. The van der Waals surface area contributed by atoms with Crippen LogP contribution in [0.2, 0.25) is 0 Å². The molecule has 1 amide bonds. The number of likely N-dealkylation sites (tertiary alicyclic amines) is 1. The summed E-state index contributed by atoms with van der Waals surface area (Å²) in [6.45, 7) is 1.86. The Labute approximate surface area is 146 Å². The highest BCUT2D eigenvalue weighted by Gasteiger charge is 2.36. The van der Waals surface area contributed by atoms with Crippen LogP contribution in [0.3, 0.4) is 0 Å². The lowest BCUT2D eigenvalue weighted by Gasteiger charge is -2.44. The second-order valence-corrected chi connectivity index (χ2v) is 7.16. The maximum absolute atomic E-state index is 12.5. The summed E-state index contributed by atoms with van der Waals surface area (Å²) in [5.41, 5.74) is 7.80. The SMILES string of the molecule is Cl.NC(CC(=O)N1CCC2(CCCCC2)CC1)c1ccccc1. The number of rotatable bonds is 3. The van der Waals surface area contributed by atoms with Crippen LogP contribution in [0.25, 0.3) is 0 Å². The third-order valence-electron chi connectivity index (χ3n) is 5.71. The topological polar surface area (TPSA) is 46.3 Å². The summed E-state index contributed by atoms with van der Waals surface area (Å²) in [6, 6.07) is 9.77. The molecule has 1 aromatic carbocycles. The highest BCUT2D eigenvalue weighted by molar-refractivity contribution is 5.85. The van der Waals surface area contributed by atoms with E-state index in [1.807, 2.05) is 35.2 Å². The van der Waals surface area contributed by atoms with Gasteiger partial charge in [-0.25, -0.2) is 0 Å². The van der Waals surface area contributed by atoms with Crippen molar-refractivity contribution in [1.29, 1.82) is 0 Å². The zero-order chi connectivity index (χ0) is 15.4. The fraction of sp³-hybridized carbons (Fsp3) is 0.632. The first-order valence-corrected chi connectivity index (χ1v) is 8.77. The van der Waals surface area contributed by atoms with Crippen molar-refractivity contribution in [2.24, 2.45) is 11.1 Å². The Bertz CT molecular complexity index is 489. The summed E-state index contributed by atoms with van der Waals surface area (Å²) in [7, 11) is 0. The van der Waals surface area contributed by atoms with E-state index < -0.39 is 0 Å². The molecule has 23 heavy (non-hydrogen) atoms. The molecule has 1 atom stereocenters. The molecule has 2 aliphatic rings. The molecule has 1 saturated carbocycles. The summed E-state index contributed by atoms with van der Waals surface area (Å²) in [5.74, 6) is 0.224. The lowest BCUT2D eigenvalue weighted by molar-refractivity contribution is -0.134. The van der Waals surface area contributed by atoms with Gasteiger partial charge in [-0.2, -0.15) is 0 Å². The van der Waals surface area contributed by atoms with Crippen molar-refractivity contribution < 1.29 is 4.79 Å². The van der Waals surface area contributed by atoms with Gasteiger partial charge in [0.2, 0.25) is 5.91 Å². The molecule has 1 aliphatic heterocycles. The first-order chi connectivity index (χ1) is 10.7. The van der Waals surface area contributed by atoms with Crippen molar-refractivity contribution >= 4 is 18.3 Å². The van der Waals surface area contributed by atoms with Gasteiger partial charge in [-0.1, -0.05) is 49.6 Å². The van der Waals surface area contributed by atoms with E-state index in [2.05, 4.69) is 0 Å². The van der Waals surface area contributed by atoms with Crippen molar-refractivity contribution in [3.05, 3.63) is 35.9 Å². The van der Waals surface area contributed by atoms with Gasteiger partial charge < -0.3 is 10.6 Å². The quantitative estimate of drug-likeness (QED) is 0.904. The average molecular weight is 337 g/mol. The second-order valence-electron chi connectivity index (χ2n) is 7.16. The van der Waals surface area contributed by atoms with Crippen molar-refractivity contribution in [1.82, 2.24) is 4.90 Å². The molecule has 2 fully saturated rings. The van der Waals surface area contributed by atoms with E-state index >= 15 is 0 Å². The van der Waals surface area contributed by atoms with Gasteiger partial charge >= 0.3 is 0 Å². The van der Waals surface area contributed by atoms with Crippen molar-refractivity contribution in [3.8, 4) is 0 Å². The number of carbonyl (C=O) groups excluding carboxylic acids is 1. The fourth-order valence-corrected chi connectivity index (χ4v) is 4.17. The third-order valence-corrected chi connectivity index (χ3v) is 5.71. The number of nitrogens with two attached hydrogens (primary N) is 1. The van der Waals surface area contributed by atoms with Crippen molar-refractivity contribution in [2.75, 3.05) is 13.1 Å². The molecule has 4 heteroatoms. The van der Waals surface area contributed by atoms with Crippen LogP contribution in [0.15, 0.2) is 30.3 Å². The number of piperidine rings is 1. The van der Waals surface area contributed by atoms with Crippen LogP contribution < -0.4 is 5.73 Å². The van der Waals surface area contributed by atoms with Gasteiger partial charge in [0.25, 0.3) is 0 Å². The molecule has 1 saturated heterocycles. The predicted molar refractivity (Wildman–Crippen MR) is 96.6 cm³/mol. The van der Waals surface area contributed by atoms with Crippen LogP contribution in [0.4, 0.5) is 0 Å². The molecule has 0 radical (unpaired) electrons. The number of nitrogens with zero attached hydrogens (tertiary/aromatic N) is 1. The maximum Gasteiger partial charge on any atom is 0.224 e. The number of hydrogen-bond acceptors (Lipinski definition) is 2. The minimum Gasteiger partial charge on any atom is -0.343 e. The van der Waals surface area contributed by atoms with E-state index in [1.165, 1.54) is 44.9 Å². The molecular weight excluding hydrogens is 308 g/mol. The Morgan fingerprint density at radius 3 is 2.26 bits per heavy atom. The van der Waals surface area contributed by atoms with Crippen molar-refractivity contribution in [3.63, 3.8) is 0 Å². The van der Waals surface area contributed by atoms with E-state index in [1.54, 1.807) is 0 Å². The largest absolute Gasteiger partial charge is 0.343 e. The number of benzene rings is 1. The lowest BCUT2D eigenvalue weighted by atomic mass is 9.68. The van der Waals surface area contributed by atoms with Crippen LogP contribution >= 0.6 is 12.4 Å². The summed E-state index contributed by atoms with van der Waals surface area (Å²) in [4.78, 5) is 14.5. The Morgan fingerprint density at radius 1 is 1.04 bits per heavy atom. The van der Waals surface area contributed by atoms with E-state index in [4.69, 9.17) is 5.73 Å². The highest BCUT2D eigenvalue weighted by Crippen LogP contribution is 2.44. The van der Waals surface area contributed by atoms with Crippen LogP contribution in [0.1, 0.15) is 63.0 Å². The number of halogens is 1. The smallest absolute Gasteiger partial charge is 0.224 e. The Hall–Kier alpha value is -1.06. The van der Waals surface area contributed by atoms with E-state index in [0.717, 1.165) is 18.7 Å². The number of amides is 1. The molecule has 2 N–H and O–H groups in total. The van der Waals surface area contributed by atoms with Gasteiger partial charge in [-0.3, -0.25) is 4.79 Å². The predicted octanol–water partition coefficient (Wildman–Crippen LogP) is 4.07. The minimum absolute atomic E-state index is 0. The molecule has 3 rings (SSSR count). The average Bonchev–Trinajstić information content (AvgIpc) is 2.57. The standard InChI is InChI=1S/C19H28N2O.ClH/c20-17(16-7-3-1-4-8-16)15-18(22)21-13-11-19(12-14-21)9-5-2-6-10-19;/h1,3-4,7-8,17H,2,5-6,9-15,20H2;1H. The number of hydrogen-bond donors (Lipinski definition) is 1. The van der Waals surface area contributed by atoms with E-state index in [0.29, 0.717) is 11.8 Å². The van der Waals surface area contributed by atoms with Crippen LogP contribution in [0, 0.1) is 5.41 Å². The van der Waals surface area contributed by atoms with Crippen molar-refractivity contribution in [2.45, 2.75) is 57.4 Å². The van der Waals surface area contributed by atoms with Gasteiger partial charge in [-0.05, 0) is 36.7 Å². The molecule has 1 heterocycles. The molecule has 1 aromatic rings. The zero-order valence-corrected chi connectivity index (χ0v) is 14.7. The molecule has 1 aliphatic carbocycles. The van der Waals surface area contributed by atoms with Gasteiger partial charge in [0.1, 0.15) is 0 Å². The minimum atomic E-state index is -0.181. The van der Waals surface area contributed by atoms with Crippen LogP contribution in [-0.2, 0) is 4.79 Å². The molecule has 1 unspecified atom stereocenters. The molecule has 128 valence electrons. The summed E-state index contributed by atoms with van der Waals surface area (Å²) in [5, 5.41) is 0. The summed E-state index contributed by atoms with van der Waals surface area (Å²) in [6.07, 6.45) is 9.72. The Morgan fingerprint density at radius 2 is 1.65 bits per heavy atom. The van der Waals surface area contributed by atoms with Gasteiger partial charge in [0.15, 0.2) is 0 Å². The maximum atomic E-state index is 12.5. The molecule has 3 nitrogen and oxygen atoms in total. The summed E-state index contributed by atoms with van der Waals surface area (Å²) < 4.78 is 0. The first kappa shape index (κ1) is 18.3. The molecule has 1 spiro atoms.